The Hall–Kier alpha value is -1.94. The summed E-state index contributed by atoms with van der Waals surface area (Å²) >= 11 is 0. The quantitative estimate of drug-likeness (QED) is 0.859. The molecular weight excluding hydrogens is 238 g/mol. The average molecular weight is 255 g/mol. The fourth-order valence-electron chi connectivity index (χ4n) is 2.52. The van der Waals surface area contributed by atoms with Crippen LogP contribution in [0.4, 0.5) is 0 Å². The number of nitrogens with zero attached hydrogens (tertiary/aromatic N) is 1. The molecule has 1 saturated heterocycles. The molecule has 2 N–H and O–H groups in total. The van der Waals surface area contributed by atoms with Gasteiger partial charge in [0.15, 0.2) is 0 Å². The highest BCUT2D eigenvalue weighted by molar-refractivity contribution is 6.06. The lowest BCUT2D eigenvalue weighted by Gasteiger charge is -2.23. The molecule has 1 aromatic heterocycles. The Morgan fingerprint density at radius 3 is 2.84 bits per heavy atom. The van der Waals surface area contributed by atoms with Crippen LogP contribution in [-0.4, -0.2) is 30.0 Å². The zero-order chi connectivity index (χ0) is 13.1. The van der Waals surface area contributed by atoms with E-state index in [9.17, 15) is 4.79 Å². The first-order valence-electron chi connectivity index (χ1n) is 6.70. The molecule has 2 heterocycles. The van der Waals surface area contributed by atoms with Crippen LogP contribution in [0.5, 0.6) is 0 Å². The number of hydrogen-bond acceptors (Lipinski definition) is 3. The van der Waals surface area contributed by atoms with Gasteiger partial charge in [-0.3, -0.25) is 9.78 Å². The molecule has 98 valence electrons. The van der Waals surface area contributed by atoms with Crippen LogP contribution >= 0.6 is 0 Å². The largest absolute Gasteiger partial charge is 0.349 e. The van der Waals surface area contributed by atoms with Crippen molar-refractivity contribution in [1.29, 1.82) is 0 Å². The Balaban J connectivity index is 1.85. The van der Waals surface area contributed by atoms with Gasteiger partial charge in [-0.15, -0.1) is 0 Å². The maximum atomic E-state index is 12.4. The van der Waals surface area contributed by atoms with Crippen molar-refractivity contribution >= 4 is 16.8 Å². The van der Waals surface area contributed by atoms with Crippen LogP contribution in [-0.2, 0) is 0 Å². The molecule has 0 radical (unpaired) electrons. The molecule has 1 aliphatic heterocycles. The number of piperidine rings is 1. The summed E-state index contributed by atoms with van der Waals surface area (Å²) in [6.45, 7) is 1.95. The summed E-state index contributed by atoms with van der Waals surface area (Å²) in [6, 6.07) is 9.81. The molecule has 1 amide bonds. The molecule has 0 saturated carbocycles. The van der Waals surface area contributed by atoms with Crippen molar-refractivity contribution in [2.24, 2.45) is 0 Å². The Morgan fingerprint density at radius 1 is 1.21 bits per heavy atom. The third kappa shape index (κ3) is 2.58. The van der Waals surface area contributed by atoms with Crippen molar-refractivity contribution in [3.63, 3.8) is 0 Å². The highest BCUT2D eigenvalue weighted by atomic mass is 16.1. The zero-order valence-corrected chi connectivity index (χ0v) is 10.7. The van der Waals surface area contributed by atoms with Crippen molar-refractivity contribution < 1.29 is 4.79 Å². The number of pyridine rings is 1. The van der Waals surface area contributed by atoms with Crippen LogP contribution in [0.2, 0.25) is 0 Å². The van der Waals surface area contributed by atoms with E-state index in [1.54, 1.807) is 12.3 Å². The second-order valence-corrected chi connectivity index (χ2v) is 4.87. The Labute approximate surface area is 112 Å². The van der Waals surface area contributed by atoms with Crippen LogP contribution in [0.25, 0.3) is 10.9 Å². The molecule has 0 bridgehead atoms. The molecule has 0 unspecified atom stereocenters. The standard InChI is InChI=1S/C15H17N3O/c19-15(18-11-5-8-16-9-6-11)13-7-10-17-14-4-2-1-3-12(13)14/h1-4,7,10-11,16H,5-6,8-9H2,(H,18,19). The van der Waals surface area contributed by atoms with Gasteiger partial charge in [0.05, 0.1) is 11.1 Å². The second-order valence-electron chi connectivity index (χ2n) is 4.87. The average Bonchev–Trinajstić information content (AvgIpc) is 2.47. The highest BCUT2D eigenvalue weighted by Crippen LogP contribution is 2.16. The molecular formula is C15H17N3O. The molecule has 2 aromatic rings. The van der Waals surface area contributed by atoms with Crippen LogP contribution < -0.4 is 10.6 Å². The van der Waals surface area contributed by atoms with Crippen LogP contribution in [0.3, 0.4) is 0 Å². The third-order valence-corrected chi connectivity index (χ3v) is 3.57. The van der Waals surface area contributed by atoms with E-state index in [-0.39, 0.29) is 11.9 Å². The number of amides is 1. The van der Waals surface area contributed by atoms with Crippen molar-refractivity contribution in [3.8, 4) is 0 Å². The lowest BCUT2D eigenvalue weighted by atomic mass is 10.0. The first-order chi connectivity index (χ1) is 9.34. The highest BCUT2D eigenvalue weighted by Gasteiger charge is 2.17. The molecule has 0 atom stereocenters. The molecule has 0 spiro atoms. The van der Waals surface area contributed by atoms with Crippen molar-refractivity contribution in [3.05, 3.63) is 42.1 Å². The number of rotatable bonds is 2. The Morgan fingerprint density at radius 2 is 2.00 bits per heavy atom. The minimum atomic E-state index is 0.00509. The summed E-state index contributed by atoms with van der Waals surface area (Å²) in [5.74, 6) is 0.00509. The van der Waals surface area contributed by atoms with Gasteiger partial charge < -0.3 is 10.6 Å². The zero-order valence-electron chi connectivity index (χ0n) is 10.7. The van der Waals surface area contributed by atoms with Gasteiger partial charge in [0.2, 0.25) is 0 Å². The van der Waals surface area contributed by atoms with Crippen LogP contribution in [0, 0.1) is 0 Å². The number of nitrogens with one attached hydrogen (secondary N) is 2. The summed E-state index contributed by atoms with van der Waals surface area (Å²) in [5.41, 5.74) is 1.57. The van der Waals surface area contributed by atoms with Gasteiger partial charge in [0.1, 0.15) is 0 Å². The van der Waals surface area contributed by atoms with Crippen molar-refractivity contribution in [1.82, 2.24) is 15.6 Å². The topological polar surface area (TPSA) is 54.0 Å². The predicted octanol–water partition coefficient (Wildman–Crippen LogP) is 1.72. The van der Waals surface area contributed by atoms with E-state index in [0.717, 1.165) is 36.8 Å². The maximum Gasteiger partial charge on any atom is 0.252 e. The molecule has 1 aliphatic rings. The summed E-state index contributed by atoms with van der Waals surface area (Å²) < 4.78 is 0. The first-order valence-corrected chi connectivity index (χ1v) is 6.70. The molecule has 0 aliphatic carbocycles. The maximum absolute atomic E-state index is 12.4. The van der Waals surface area contributed by atoms with Gasteiger partial charge in [-0.25, -0.2) is 0 Å². The van der Waals surface area contributed by atoms with E-state index in [4.69, 9.17) is 0 Å². The molecule has 3 rings (SSSR count). The summed E-state index contributed by atoms with van der Waals surface area (Å²) in [6.07, 6.45) is 3.68. The van der Waals surface area contributed by atoms with Gasteiger partial charge in [-0.2, -0.15) is 0 Å². The van der Waals surface area contributed by atoms with E-state index in [2.05, 4.69) is 15.6 Å². The molecule has 1 fully saturated rings. The van der Waals surface area contributed by atoms with Gasteiger partial charge in [-0.1, -0.05) is 18.2 Å². The molecule has 4 heteroatoms. The number of aromatic nitrogens is 1. The monoisotopic (exact) mass is 255 g/mol. The number of fused-ring (bicyclic) bond motifs is 1. The van der Waals surface area contributed by atoms with Crippen molar-refractivity contribution in [2.75, 3.05) is 13.1 Å². The minimum absolute atomic E-state index is 0.00509. The van der Waals surface area contributed by atoms with Crippen LogP contribution in [0.1, 0.15) is 23.2 Å². The number of hydrogen-bond donors (Lipinski definition) is 2. The molecule has 1 aromatic carbocycles. The number of para-hydroxylation sites is 1. The SMILES string of the molecule is O=C(NC1CCNCC1)c1ccnc2ccccc12. The van der Waals surface area contributed by atoms with Gasteiger partial charge >= 0.3 is 0 Å². The number of benzene rings is 1. The van der Waals surface area contributed by atoms with Gasteiger partial charge in [0, 0.05) is 17.6 Å². The minimum Gasteiger partial charge on any atom is -0.349 e. The fraction of sp³-hybridized carbons (Fsp3) is 0.333. The van der Waals surface area contributed by atoms with Gasteiger partial charge in [-0.05, 0) is 38.1 Å². The summed E-state index contributed by atoms with van der Waals surface area (Å²) in [4.78, 5) is 16.6. The Bertz CT molecular complexity index is 585. The lowest BCUT2D eigenvalue weighted by Crippen LogP contribution is -2.42. The molecule has 19 heavy (non-hydrogen) atoms. The smallest absolute Gasteiger partial charge is 0.252 e. The van der Waals surface area contributed by atoms with E-state index < -0.39 is 0 Å². The van der Waals surface area contributed by atoms with E-state index >= 15 is 0 Å². The number of carbonyl (C=O) groups is 1. The van der Waals surface area contributed by atoms with Crippen molar-refractivity contribution in [2.45, 2.75) is 18.9 Å². The van der Waals surface area contributed by atoms with E-state index in [1.807, 2.05) is 24.3 Å². The van der Waals surface area contributed by atoms with Crippen LogP contribution in [0.15, 0.2) is 36.5 Å². The summed E-state index contributed by atoms with van der Waals surface area (Å²) in [7, 11) is 0. The van der Waals surface area contributed by atoms with E-state index in [1.165, 1.54) is 0 Å². The van der Waals surface area contributed by atoms with E-state index in [0.29, 0.717) is 5.56 Å². The fourth-order valence-corrected chi connectivity index (χ4v) is 2.52. The predicted molar refractivity (Wildman–Crippen MR) is 75.1 cm³/mol. The first kappa shape index (κ1) is 12.1. The Kier molecular flexibility index (Phi) is 3.42. The second kappa shape index (κ2) is 5.36. The third-order valence-electron chi connectivity index (χ3n) is 3.57. The number of carbonyl (C=O) groups excluding carboxylic acids is 1. The normalized spacial score (nSPS) is 16.4. The lowest BCUT2D eigenvalue weighted by molar-refractivity contribution is 0.0931. The summed E-state index contributed by atoms with van der Waals surface area (Å²) in [5, 5.41) is 7.33. The molecule has 4 nitrogen and oxygen atoms in total. The van der Waals surface area contributed by atoms with Gasteiger partial charge in [0.25, 0.3) is 5.91 Å².